The zero-order valence-electron chi connectivity index (χ0n) is 10.3. The maximum atomic E-state index is 11.9. The van der Waals surface area contributed by atoms with Crippen molar-refractivity contribution in [1.29, 1.82) is 5.26 Å². The molecule has 1 atom stereocenters. The van der Waals surface area contributed by atoms with Crippen LogP contribution < -0.4 is 11.1 Å². The van der Waals surface area contributed by atoms with Gasteiger partial charge in [-0.1, -0.05) is 0 Å². The van der Waals surface area contributed by atoms with E-state index >= 15 is 0 Å². The number of urea groups is 1. The lowest BCUT2D eigenvalue weighted by molar-refractivity contribution is -0.141. The third kappa shape index (κ3) is 4.83. The molecule has 1 saturated carbocycles. The van der Waals surface area contributed by atoms with Gasteiger partial charge >= 0.3 is 12.0 Å². The van der Waals surface area contributed by atoms with Crippen LogP contribution in [0.4, 0.5) is 4.79 Å². The number of carboxylic acid groups (broad SMARTS) is 1. The Morgan fingerprint density at radius 2 is 2.11 bits per heavy atom. The van der Waals surface area contributed by atoms with Crippen LogP contribution in [-0.4, -0.2) is 46.5 Å². The molecule has 1 aliphatic carbocycles. The number of hydrogen-bond acceptors (Lipinski definition) is 4. The normalized spacial score (nSPS) is 15.1. The second-order valence-corrected chi connectivity index (χ2v) is 4.34. The standard InChI is InChI=1S/C11H16N4O4/c12-4-1-5-15(7-2-3-7)11(19)14-8(10(17)18)6-9(13)16/h7-8H,1-3,5-6H2,(H2,13,16)(H,14,19)(H,17,18). The van der Waals surface area contributed by atoms with Crippen molar-refractivity contribution in [2.75, 3.05) is 6.54 Å². The number of nitriles is 1. The zero-order chi connectivity index (χ0) is 14.4. The summed E-state index contributed by atoms with van der Waals surface area (Å²) >= 11 is 0. The first-order chi connectivity index (χ1) is 8.95. The SMILES string of the molecule is N#CCCN(C(=O)NC(CC(N)=O)C(=O)O)C1CC1. The Morgan fingerprint density at radius 1 is 1.47 bits per heavy atom. The minimum Gasteiger partial charge on any atom is -0.480 e. The van der Waals surface area contributed by atoms with Crippen LogP contribution in [0.3, 0.4) is 0 Å². The lowest BCUT2D eigenvalue weighted by Crippen LogP contribution is -2.50. The van der Waals surface area contributed by atoms with Gasteiger partial charge in [0.2, 0.25) is 5.91 Å². The van der Waals surface area contributed by atoms with E-state index in [4.69, 9.17) is 16.1 Å². The number of carbonyl (C=O) groups is 3. The summed E-state index contributed by atoms with van der Waals surface area (Å²) < 4.78 is 0. The largest absolute Gasteiger partial charge is 0.480 e. The molecule has 0 aliphatic heterocycles. The van der Waals surface area contributed by atoms with Crippen LogP contribution in [-0.2, 0) is 9.59 Å². The van der Waals surface area contributed by atoms with Crippen LogP contribution in [0, 0.1) is 11.3 Å². The summed E-state index contributed by atoms with van der Waals surface area (Å²) in [6.45, 7) is 0.246. The summed E-state index contributed by atoms with van der Waals surface area (Å²) in [6.07, 6.45) is 1.40. The predicted octanol–water partition coefficient (Wildman–Crippen LogP) is -0.597. The fourth-order valence-corrected chi connectivity index (χ4v) is 1.64. The van der Waals surface area contributed by atoms with E-state index in [0.29, 0.717) is 0 Å². The predicted molar refractivity (Wildman–Crippen MR) is 63.7 cm³/mol. The van der Waals surface area contributed by atoms with Crippen molar-refractivity contribution in [3.8, 4) is 6.07 Å². The van der Waals surface area contributed by atoms with Crippen molar-refractivity contribution in [3.05, 3.63) is 0 Å². The van der Waals surface area contributed by atoms with E-state index < -0.39 is 30.4 Å². The highest BCUT2D eigenvalue weighted by molar-refractivity contribution is 5.87. The third-order valence-corrected chi connectivity index (χ3v) is 2.71. The Kier molecular flexibility index (Phi) is 5.11. The van der Waals surface area contributed by atoms with Gasteiger partial charge in [0.15, 0.2) is 0 Å². The highest BCUT2D eigenvalue weighted by atomic mass is 16.4. The Morgan fingerprint density at radius 3 is 2.53 bits per heavy atom. The molecule has 1 unspecified atom stereocenters. The number of hydrogen-bond donors (Lipinski definition) is 3. The van der Waals surface area contributed by atoms with Crippen LogP contribution in [0.2, 0.25) is 0 Å². The van der Waals surface area contributed by atoms with Gasteiger partial charge in [0, 0.05) is 12.6 Å². The van der Waals surface area contributed by atoms with Gasteiger partial charge in [-0.15, -0.1) is 0 Å². The number of amides is 3. The second kappa shape index (κ2) is 6.58. The first kappa shape index (κ1) is 14.8. The molecule has 8 nitrogen and oxygen atoms in total. The molecule has 0 spiro atoms. The summed E-state index contributed by atoms with van der Waals surface area (Å²) in [5.74, 6) is -2.12. The number of nitrogens with two attached hydrogens (primary N) is 1. The van der Waals surface area contributed by atoms with E-state index in [2.05, 4.69) is 5.32 Å². The molecule has 1 rings (SSSR count). The second-order valence-electron chi connectivity index (χ2n) is 4.34. The van der Waals surface area contributed by atoms with Crippen molar-refractivity contribution in [3.63, 3.8) is 0 Å². The van der Waals surface area contributed by atoms with E-state index in [1.807, 2.05) is 6.07 Å². The molecule has 0 bridgehead atoms. The summed E-state index contributed by atoms with van der Waals surface area (Å²) in [5, 5.41) is 19.7. The molecule has 0 aromatic rings. The summed E-state index contributed by atoms with van der Waals surface area (Å²) in [6, 6.07) is 0.0672. The molecule has 0 heterocycles. The van der Waals surface area contributed by atoms with Crippen LogP contribution in [0.15, 0.2) is 0 Å². The van der Waals surface area contributed by atoms with Gasteiger partial charge < -0.3 is 21.1 Å². The average molecular weight is 268 g/mol. The topological polar surface area (TPSA) is 137 Å². The number of rotatable bonds is 7. The lowest BCUT2D eigenvalue weighted by Gasteiger charge is -2.23. The molecular weight excluding hydrogens is 252 g/mol. The van der Waals surface area contributed by atoms with Gasteiger partial charge in [-0.2, -0.15) is 5.26 Å². The molecule has 0 aromatic carbocycles. The first-order valence-corrected chi connectivity index (χ1v) is 5.91. The van der Waals surface area contributed by atoms with Crippen molar-refractivity contribution >= 4 is 17.9 Å². The maximum absolute atomic E-state index is 11.9. The van der Waals surface area contributed by atoms with E-state index in [1.165, 1.54) is 4.90 Å². The molecule has 3 amide bonds. The van der Waals surface area contributed by atoms with Crippen molar-refractivity contribution in [2.24, 2.45) is 5.73 Å². The third-order valence-electron chi connectivity index (χ3n) is 2.71. The molecule has 4 N–H and O–H groups in total. The fraction of sp³-hybridized carbons (Fsp3) is 0.636. The number of aliphatic carboxylic acids is 1. The van der Waals surface area contributed by atoms with E-state index in [0.717, 1.165) is 12.8 Å². The van der Waals surface area contributed by atoms with E-state index in [9.17, 15) is 14.4 Å². The highest BCUT2D eigenvalue weighted by Gasteiger charge is 2.34. The van der Waals surface area contributed by atoms with Gasteiger partial charge in [0.1, 0.15) is 6.04 Å². The van der Waals surface area contributed by atoms with Crippen molar-refractivity contribution in [1.82, 2.24) is 10.2 Å². The Hall–Kier alpha value is -2.30. The Bertz CT molecular complexity index is 413. The molecule has 0 aromatic heterocycles. The number of carbonyl (C=O) groups excluding carboxylic acids is 2. The smallest absolute Gasteiger partial charge is 0.326 e. The molecular formula is C11H16N4O4. The quantitative estimate of drug-likeness (QED) is 0.566. The van der Waals surface area contributed by atoms with Crippen LogP contribution in [0.25, 0.3) is 0 Å². The van der Waals surface area contributed by atoms with Crippen molar-refractivity contribution < 1.29 is 19.5 Å². The van der Waals surface area contributed by atoms with E-state index in [1.54, 1.807) is 0 Å². The average Bonchev–Trinajstić information content (AvgIpc) is 3.12. The maximum Gasteiger partial charge on any atom is 0.326 e. The number of nitrogens with zero attached hydrogens (tertiary/aromatic N) is 2. The highest BCUT2D eigenvalue weighted by Crippen LogP contribution is 2.26. The molecule has 1 fully saturated rings. The van der Waals surface area contributed by atoms with Crippen molar-refractivity contribution in [2.45, 2.75) is 37.8 Å². The molecule has 19 heavy (non-hydrogen) atoms. The minimum absolute atomic E-state index is 0.0522. The van der Waals surface area contributed by atoms with E-state index in [-0.39, 0.29) is 19.0 Å². The Labute approximate surface area is 110 Å². The minimum atomic E-state index is -1.34. The summed E-state index contributed by atoms with van der Waals surface area (Å²) in [4.78, 5) is 35.0. The van der Waals surface area contributed by atoms with Crippen LogP contribution in [0.5, 0.6) is 0 Å². The molecule has 1 aliphatic rings. The van der Waals surface area contributed by atoms with Gasteiger partial charge in [-0.3, -0.25) is 4.79 Å². The number of primary amides is 1. The zero-order valence-corrected chi connectivity index (χ0v) is 10.3. The molecule has 104 valence electrons. The van der Waals surface area contributed by atoms with Gasteiger partial charge in [-0.05, 0) is 12.8 Å². The van der Waals surface area contributed by atoms with Crippen LogP contribution in [0.1, 0.15) is 25.7 Å². The molecule has 0 saturated heterocycles. The Balaban J connectivity index is 2.60. The van der Waals surface area contributed by atoms with Gasteiger partial charge in [0.25, 0.3) is 0 Å². The van der Waals surface area contributed by atoms with Gasteiger partial charge in [-0.25, -0.2) is 9.59 Å². The number of nitrogens with one attached hydrogen (secondary N) is 1. The molecule has 0 radical (unpaired) electrons. The number of carboxylic acids is 1. The lowest BCUT2D eigenvalue weighted by atomic mass is 10.2. The van der Waals surface area contributed by atoms with Gasteiger partial charge in [0.05, 0.1) is 18.9 Å². The summed E-state index contributed by atoms with van der Waals surface area (Å²) in [5.41, 5.74) is 4.93. The molecule has 8 heteroatoms. The fourth-order valence-electron chi connectivity index (χ4n) is 1.64. The van der Waals surface area contributed by atoms with Crippen LogP contribution >= 0.6 is 0 Å². The monoisotopic (exact) mass is 268 g/mol. The first-order valence-electron chi connectivity index (χ1n) is 5.91. The summed E-state index contributed by atoms with van der Waals surface area (Å²) in [7, 11) is 0.